The van der Waals surface area contributed by atoms with E-state index in [1.807, 2.05) is 13.0 Å². The Labute approximate surface area is 115 Å². The van der Waals surface area contributed by atoms with Gasteiger partial charge < -0.3 is 0 Å². The smallest absolute Gasteiger partial charge is 0.136 e. The summed E-state index contributed by atoms with van der Waals surface area (Å²) in [6, 6.07) is 4.88. The molecule has 0 heterocycles. The van der Waals surface area contributed by atoms with Gasteiger partial charge in [0.15, 0.2) is 0 Å². The monoisotopic (exact) mass is 262 g/mol. The summed E-state index contributed by atoms with van der Waals surface area (Å²) in [4.78, 5) is 12.1. The average Bonchev–Trinajstić information content (AvgIpc) is 2.34. The first-order valence-corrected chi connectivity index (χ1v) is 7.25. The normalized spacial score (nSPS) is 23.9. The van der Waals surface area contributed by atoms with Crippen LogP contribution in [0.1, 0.15) is 44.2 Å². The van der Waals surface area contributed by atoms with Gasteiger partial charge in [0.1, 0.15) is 11.6 Å². The Morgan fingerprint density at radius 2 is 2.11 bits per heavy atom. The molecule has 0 aliphatic heterocycles. The molecule has 1 fully saturated rings. The highest BCUT2D eigenvalue weighted by Crippen LogP contribution is 2.33. The molecular formula is C17H23FO. The van der Waals surface area contributed by atoms with Crippen LogP contribution in [0.3, 0.4) is 0 Å². The van der Waals surface area contributed by atoms with E-state index >= 15 is 0 Å². The molecule has 1 aliphatic carbocycles. The molecular weight excluding hydrogens is 239 g/mol. The number of carbonyl (C=O) groups is 1. The van der Waals surface area contributed by atoms with Gasteiger partial charge in [-0.05, 0) is 61.3 Å². The second kappa shape index (κ2) is 5.85. The second-order valence-electron chi connectivity index (χ2n) is 6.22. The van der Waals surface area contributed by atoms with Gasteiger partial charge >= 0.3 is 0 Å². The van der Waals surface area contributed by atoms with Crippen LogP contribution in [0.25, 0.3) is 0 Å². The first-order valence-electron chi connectivity index (χ1n) is 7.25. The van der Waals surface area contributed by atoms with Crippen LogP contribution in [-0.4, -0.2) is 5.78 Å². The Kier molecular flexibility index (Phi) is 4.38. The first-order chi connectivity index (χ1) is 8.97. The van der Waals surface area contributed by atoms with Crippen LogP contribution in [0.2, 0.25) is 0 Å². The number of carbonyl (C=O) groups excluding carboxylic acids is 1. The SMILES string of the molecule is Cc1cc(F)ccc1CC1CC(C(C)C)CCC1=O. The zero-order chi connectivity index (χ0) is 14.0. The van der Waals surface area contributed by atoms with Crippen molar-refractivity contribution in [2.75, 3.05) is 0 Å². The number of rotatable bonds is 3. The zero-order valence-electron chi connectivity index (χ0n) is 12.1. The third-order valence-electron chi connectivity index (χ3n) is 4.52. The van der Waals surface area contributed by atoms with Crippen molar-refractivity contribution in [3.63, 3.8) is 0 Å². The van der Waals surface area contributed by atoms with Gasteiger partial charge in [0.05, 0.1) is 0 Å². The molecule has 2 unspecified atom stereocenters. The van der Waals surface area contributed by atoms with E-state index in [2.05, 4.69) is 13.8 Å². The van der Waals surface area contributed by atoms with Crippen molar-refractivity contribution in [3.05, 3.63) is 35.1 Å². The van der Waals surface area contributed by atoms with Crippen molar-refractivity contribution in [1.29, 1.82) is 0 Å². The van der Waals surface area contributed by atoms with E-state index in [0.29, 0.717) is 24.0 Å². The molecule has 1 aliphatic rings. The fourth-order valence-electron chi connectivity index (χ4n) is 3.10. The van der Waals surface area contributed by atoms with E-state index in [0.717, 1.165) is 30.4 Å². The Balaban J connectivity index is 2.10. The molecule has 0 radical (unpaired) electrons. The summed E-state index contributed by atoms with van der Waals surface area (Å²) in [5, 5.41) is 0. The highest BCUT2D eigenvalue weighted by molar-refractivity contribution is 5.82. The molecule has 1 nitrogen and oxygen atoms in total. The molecule has 2 heteroatoms. The van der Waals surface area contributed by atoms with Crippen LogP contribution in [0.15, 0.2) is 18.2 Å². The van der Waals surface area contributed by atoms with E-state index in [-0.39, 0.29) is 11.7 Å². The van der Waals surface area contributed by atoms with E-state index in [9.17, 15) is 9.18 Å². The molecule has 1 saturated carbocycles. The summed E-state index contributed by atoms with van der Waals surface area (Å²) in [6.45, 7) is 6.40. The summed E-state index contributed by atoms with van der Waals surface area (Å²) in [6.07, 6.45) is 3.52. The zero-order valence-corrected chi connectivity index (χ0v) is 12.1. The Bertz CT molecular complexity index is 464. The Morgan fingerprint density at radius 1 is 1.37 bits per heavy atom. The topological polar surface area (TPSA) is 17.1 Å². The van der Waals surface area contributed by atoms with Gasteiger partial charge in [0, 0.05) is 12.3 Å². The number of hydrogen-bond acceptors (Lipinski definition) is 1. The third kappa shape index (κ3) is 3.43. The Morgan fingerprint density at radius 3 is 2.74 bits per heavy atom. The van der Waals surface area contributed by atoms with Crippen LogP contribution in [0.5, 0.6) is 0 Å². The number of benzene rings is 1. The highest BCUT2D eigenvalue weighted by atomic mass is 19.1. The van der Waals surface area contributed by atoms with E-state index < -0.39 is 0 Å². The summed E-state index contributed by atoms with van der Waals surface area (Å²) >= 11 is 0. The van der Waals surface area contributed by atoms with Crippen LogP contribution >= 0.6 is 0 Å². The standard InChI is InChI=1S/C17H23FO/c1-11(2)13-5-7-17(19)15(9-13)10-14-4-6-16(18)8-12(14)3/h4,6,8,11,13,15H,5,7,9-10H2,1-3H3. The van der Waals surface area contributed by atoms with E-state index in [4.69, 9.17) is 0 Å². The van der Waals surface area contributed by atoms with Gasteiger partial charge in [-0.15, -0.1) is 0 Å². The second-order valence-corrected chi connectivity index (χ2v) is 6.22. The molecule has 104 valence electrons. The van der Waals surface area contributed by atoms with Gasteiger partial charge in [0.2, 0.25) is 0 Å². The predicted molar refractivity (Wildman–Crippen MR) is 75.5 cm³/mol. The van der Waals surface area contributed by atoms with E-state index in [1.165, 1.54) is 6.07 Å². The minimum Gasteiger partial charge on any atom is -0.299 e. The maximum atomic E-state index is 13.1. The molecule has 1 aromatic carbocycles. The van der Waals surface area contributed by atoms with Crippen molar-refractivity contribution in [3.8, 4) is 0 Å². The van der Waals surface area contributed by atoms with Gasteiger partial charge in [0.25, 0.3) is 0 Å². The molecule has 2 atom stereocenters. The quantitative estimate of drug-likeness (QED) is 0.793. The lowest BCUT2D eigenvalue weighted by Gasteiger charge is -2.31. The van der Waals surface area contributed by atoms with Crippen LogP contribution < -0.4 is 0 Å². The lowest BCUT2D eigenvalue weighted by Crippen LogP contribution is -2.29. The number of ketones is 1. The summed E-state index contributed by atoms with van der Waals surface area (Å²) < 4.78 is 13.1. The van der Waals surface area contributed by atoms with Gasteiger partial charge in [-0.2, -0.15) is 0 Å². The fourth-order valence-corrected chi connectivity index (χ4v) is 3.10. The van der Waals surface area contributed by atoms with Crippen molar-refractivity contribution < 1.29 is 9.18 Å². The van der Waals surface area contributed by atoms with Crippen LogP contribution in [0, 0.1) is 30.5 Å². The number of hydrogen-bond donors (Lipinski definition) is 0. The van der Waals surface area contributed by atoms with Crippen molar-refractivity contribution in [2.45, 2.75) is 46.5 Å². The lowest BCUT2D eigenvalue weighted by atomic mass is 9.73. The van der Waals surface area contributed by atoms with Gasteiger partial charge in [-0.1, -0.05) is 19.9 Å². The minimum absolute atomic E-state index is 0.130. The largest absolute Gasteiger partial charge is 0.299 e. The highest BCUT2D eigenvalue weighted by Gasteiger charge is 2.30. The molecule has 19 heavy (non-hydrogen) atoms. The van der Waals surface area contributed by atoms with Gasteiger partial charge in [-0.3, -0.25) is 4.79 Å². The molecule has 0 N–H and O–H groups in total. The molecule has 2 rings (SSSR count). The van der Waals surface area contributed by atoms with Crippen LogP contribution in [0.4, 0.5) is 4.39 Å². The molecule has 0 aromatic heterocycles. The maximum Gasteiger partial charge on any atom is 0.136 e. The Hall–Kier alpha value is -1.18. The van der Waals surface area contributed by atoms with Crippen LogP contribution in [-0.2, 0) is 11.2 Å². The first kappa shape index (κ1) is 14.2. The van der Waals surface area contributed by atoms with Crippen molar-refractivity contribution >= 4 is 5.78 Å². The molecule has 0 saturated heterocycles. The van der Waals surface area contributed by atoms with Crippen molar-refractivity contribution in [2.24, 2.45) is 17.8 Å². The summed E-state index contributed by atoms with van der Waals surface area (Å²) in [5.74, 6) is 1.62. The number of Topliss-reactive ketones (excluding diaryl/α,β-unsaturated/α-hetero) is 1. The molecule has 0 amide bonds. The lowest BCUT2D eigenvalue weighted by molar-refractivity contribution is -0.125. The molecule has 0 spiro atoms. The number of aryl methyl sites for hydroxylation is 1. The van der Waals surface area contributed by atoms with Crippen molar-refractivity contribution in [1.82, 2.24) is 0 Å². The molecule has 1 aromatic rings. The summed E-state index contributed by atoms with van der Waals surface area (Å²) in [7, 11) is 0. The predicted octanol–water partition coefficient (Wildman–Crippen LogP) is 4.32. The maximum absolute atomic E-state index is 13.1. The summed E-state index contributed by atoms with van der Waals surface area (Å²) in [5.41, 5.74) is 2.07. The fraction of sp³-hybridized carbons (Fsp3) is 0.588. The minimum atomic E-state index is -0.198. The third-order valence-corrected chi connectivity index (χ3v) is 4.52. The average molecular weight is 262 g/mol. The molecule has 0 bridgehead atoms. The van der Waals surface area contributed by atoms with E-state index in [1.54, 1.807) is 6.07 Å². The van der Waals surface area contributed by atoms with Gasteiger partial charge in [-0.25, -0.2) is 4.39 Å². The number of halogens is 1.